The first-order chi connectivity index (χ1) is 10.0. The van der Waals surface area contributed by atoms with E-state index in [2.05, 4.69) is 10.3 Å². The Morgan fingerprint density at radius 1 is 1.43 bits per heavy atom. The molecule has 2 aliphatic rings. The van der Waals surface area contributed by atoms with Gasteiger partial charge < -0.3 is 5.73 Å². The zero-order chi connectivity index (χ0) is 15.1. The molecule has 0 aliphatic carbocycles. The number of imide groups is 1. The van der Waals surface area contributed by atoms with Crippen LogP contribution in [0.3, 0.4) is 0 Å². The van der Waals surface area contributed by atoms with Gasteiger partial charge >= 0.3 is 0 Å². The highest BCUT2D eigenvalue weighted by atomic mass is 16.7. The Labute approximate surface area is 120 Å². The highest BCUT2D eigenvalue weighted by Crippen LogP contribution is 2.42. The van der Waals surface area contributed by atoms with Gasteiger partial charge in [0, 0.05) is 6.20 Å². The van der Waals surface area contributed by atoms with Crippen LogP contribution in [0.4, 0.5) is 0 Å². The number of amides is 3. The molecule has 8 nitrogen and oxygen atoms in total. The Balaban J connectivity index is 2.03. The molecule has 3 rings (SSSR count). The second-order valence-electron chi connectivity index (χ2n) is 5.04. The largest absolute Gasteiger partial charge is 0.368 e. The lowest BCUT2D eigenvalue weighted by Gasteiger charge is -2.27. The number of primary amides is 1. The zero-order valence-electron chi connectivity index (χ0n) is 11.2. The van der Waals surface area contributed by atoms with Crippen LogP contribution in [0.5, 0.6) is 0 Å². The van der Waals surface area contributed by atoms with E-state index in [-0.39, 0.29) is 0 Å². The first kappa shape index (κ1) is 13.7. The lowest BCUT2D eigenvalue weighted by molar-refractivity contribution is -0.193. The van der Waals surface area contributed by atoms with Crippen molar-refractivity contribution >= 4 is 17.7 Å². The van der Waals surface area contributed by atoms with E-state index in [0.717, 1.165) is 0 Å². The van der Waals surface area contributed by atoms with Crippen molar-refractivity contribution < 1.29 is 19.2 Å². The second kappa shape index (κ2) is 4.90. The van der Waals surface area contributed by atoms with Gasteiger partial charge in [0.25, 0.3) is 5.91 Å². The number of hydrogen-bond donors (Lipinski definition) is 2. The van der Waals surface area contributed by atoms with Crippen molar-refractivity contribution in [1.82, 2.24) is 15.4 Å². The summed E-state index contributed by atoms with van der Waals surface area (Å²) >= 11 is 0. The Kier molecular flexibility index (Phi) is 3.19. The van der Waals surface area contributed by atoms with Crippen LogP contribution in [-0.4, -0.2) is 39.9 Å². The molecule has 2 aliphatic heterocycles. The third-order valence-corrected chi connectivity index (χ3v) is 3.77. The Morgan fingerprint density at radius 2 is 2.19 bits per heavy atom. The van der Waals surface area contributed by atoms with E-state index in [1.54, 1.807) is 31.3 Å². The maximum atomic E-state index is 12.0. The summed E-state index contributed by atoms with van der Waals surface area (Å²) < 4.78 is 0. The molecule has 2 fully saturated rings. The average Bonchev–Trinajstić information content (AvgIpc) is 2.98. The van der Waals surface area contributed by atoms with Crippen molar-refractivity contribution in [2.75, 3.05) is 0 Å². The Morgan fingerprint density at radius 3 is 2.81 bits per heavy atom. The van der Waals surface area contributed by atoms with Crippen LogP contribution in [0.1, 0.15) is 18.7 Å². The summed E-state index contributed by atoms with van der Waals surface area (Å²) in [6.07, 6.45) is 0.621. The topological polar surface area (TPSA) is 115 Å². The molecule has 3 N–H and O–H groups in total. The summed E-state index contributed by atoms with van der Waals surface area (Å²) in [7, 11) is 0. The monoisotopic (exact) mass is 290 g/mol. The van der Waals surface area contributed by atoms with E-state index < -0.39 is 41.8 Å². The van der Waals surface area contributed by atoms with Gasteiger partial charge in [-0.05, 0) is 19.1 Å². The maximum Gasteiger partial charge on any atom is 0.258 e. The fourth-order valence-corrected chi connectivity index (χ4v) is 2.68. The molecule has 0 aromatic carbocycles. The number of nitrogens with two attached hydrogens (primary N) is 1. The molecule has 4 atom stereocenters. The average molecular weight is 290 g/mol. The SMILES string of the molecule is CC(C(N)=O)N1OC2C(=O)NC(=O)C2C1c1ccccn1. The molecule has 0 spiro atoms. The van der Waals surface area contributed by atoms with Gasteiger partial charge in [0.1, 0.15) is 6.04 Å². The number of rotatable bonds is 3. The third-order valence-electron chi connectivity index (χ3n) is 3.77. The fourth-order valence-electron chi connectivity index (χ4n) is 2.68. The summed E-state index contributed by atoms with van der Waals surface area (Å²) in [5.41, 5.74) is 5.85. The van der Waals surface area contributed by atoms with Crippen molar-refractivity contribution in [3.63, 3.8) is 0 Å². The summed E-state index contributed by atoms with van der Waals surface area (Å²) in [6.45, 7) is 1.56. The molecule has 110 valence electrons. The van der Waals surface area contributed by atoms with Crippen LogP contribution in [0.2, 0.25) is 0 Å². The minimum Gasteiger partial charge on any atom is -0.368 e. The fraction of sp³-hybridized carbons (Fsp3) is 0.385. The molecule has 2 saturated heterocycles. The summed E-state index contributed by atoms with van der Waals surface area (Å²) in [5, 5.41) is 3.54. The molecule has 1 aromatic rings. The van der Waals surface area contributed by atoms with Gasteiger partial charge in [-0.2, -0.15) is 5.06 Å². The molecular formula is C13H14N4O4. The number of hydroxylamine groups is 2. The van der Waals surface area contributed by atoms with Gasteiger partial charge in [-0.15, -0.1) is 0 Å². The quantitative estimate of drug-likeness (QED) is 0.682. The normalized spacial score (nSPS) is 30.0. The molecule has 0 saturated carbocycles. The van der Waals surface area contributed by atoms with E-state index >= 15 is 0 Å². The molecule has 1 aromatic heterocycles. The number of carbonyl (C=O) groups is 3. The molecule has 3 heterocycles. The molecular weight excluding hydrogens is 276 g/mol. The van der Waals surface area contributed by atoms with E-state index in [9.17, 15) is 14.4 Å². The second-order valence-corrected chi connectivity index (χ2v) is 5.04. The van der Waals surface area contributed by atoms with Crippen LogP contribution in [0, 0.1) is 5.92 Å². The summed E-state index contributed by atoms with van der Waals surface area (Å²) in [4.78, 5) is 44.9. The predicted molar refractivity (Wildman–Crippen MR) is 69.0 cm³/mol. The third kappa shape index (κ3) is 2.08. The lowest BCUT2D eigenvalue weighted by Crippen LogP contribution is -2.44. The lowest BCUT2D eigenvalue weighted by atomic mass is 9.93. The van der Waals surface area contributed by atoms with Crippen LogP contribution in [0.15, 0.2) is 24.4 Å². The van der Waals surface area contributed by atoms with Crippen molar-refractivity contribution in [3.05, 3.63) is 30.1 Å². The van der Waals surface area contributed by atoms with Gasteiger partial charge in [-0.1, -0.05) is 6.07 Å². The predicted octanol–water partition coefficient (Wildman–Crippen LogP) is -1.12. The molecule has 0 radical (unpaired) electrons. The number of fused-ring (bicyclic) bond motifs is 1. The molecule has 3 amide bonds. The number of nitrogens with zero attached hydrogens (tertiary/aromatic N) is 2. The summed E-state index contributed by atoms with van der Waals surface area (Å²) in [5.74, 6) is -2.29. The van der Waals surface area contributed by atoms with Crippen molar-refractivity contribution in [2.24, 2.45) is 11.7 Å². The van der Waals surface area contributed by atoms with Crippen LogP contribution < -0.4 is 11.1 Å². The van der Waals surface area contributed by atoms with E-state index in [4.69, 9.17) is 10.6 Å². The van der Waals surface area contributed by atoms with Gasteiger partial charge in [-0.25, -0.2) is 0 Å². The highest BCUT2D eigenvalue weighted by molar-refractivity contribution is 6.07. The standard InChI is InChI=1S/C13H14N4O4/c1-6(11(14)18)17-9(7-4-2-3-5-15-7)8-10(21-17)13(20)16-12(8)19/h2-6,8-10H,1H3,(H2,14,18)(H,16,19,20). The van der Waals surface area contributed by atoms with Crippen molar-refractivity contribution in [3.8, 4) is 0 Å². The number of pyridine rings is 1. The first-order valence-corrected chi connectivity index (χ1v) is 6.50. The van der Waals surface area contributed by atoms with Crippen molar-refractivity contribution in [1.29, 1.82) is 0 Å². The van der Waals surface area contributed by atoms with Gasteiger partial charge in [0.05, 0.1) is 17.7 Å². The number of carbonyl (C=O) groups excluding carboxylic acids is 3. The molecule has 8 heteroatoms. The van der Waals surface area contributed by atoms with E-state index in [0.29, 0.717) is 5.69 Å². The van der Waals surface area contributed by atoms with Crippen LogP contribution in [0.25, 0.3) is 0 Å². The smallest absolute Gasteiger partial charge is 0.258 e. The van der Waals surface area contributed by atoms with Crippen molar-refractivity contribution in [2.45, 2.75) is 25.1 Å². The minimum atomic E-state index is -0.952. The van der Waals surface area contributed by atoms with E-state index in [1.165, 1.54) is 5.06 Å². The number of nitrogens with one attached hydrogen (secondary N) is 1. The molecule has 21 heavy (non-hydrogen) atoms. The van der Waals surface area contributed by atoms with E-state index in [1.807, 2.05) is 0 Å². The maximum absolute atomic E-state index is 12.0. The molecule has 4 unspecified atom stereocenters. The Hall–Kier alpha value is -2.32. The zero-order valence-corrected chi connectivity index (χ0v) is 11.2. The Bertz CT molecular complexity index is 605. The first-order valence-electron chi connectivity index (χ1n) is 6.50. The number of hydrogen-bond acceptors (Lipinski definition) is 6. The summed E-state index contributed by atoms with van der Waals surface area (Å²) in [6, 6.07) is 3.79. The minimum absolute atomic E-state index is 0.431. The van der Waals surface area contributed by atoms with Gasteiger partial charge in [0.15, 0.2) is 6.10 Å². The van der Waals surface area contributed by atoms with Crippen LogP contribution in [-0.2, 0) is 19.2 Å². The molecule has 0 bridgehead atoms. The highest BCUT2D eigenvalue weighted by Gasteiger charge is 2.58. The number of aromatic nitrogens is 1. The van der Waals surface area contributed by atoms with Gasteiger partial charge in [0.2, 0.25) is 11.8 Å². The van der Waals surface area contributed by atoms with Gasteiger partial charge in [-0.3, -0.25) is 29.5 Å². The van der Waals surface area contributed by atoms with Crippen LogP contribution >= 0.6 is 0 Å².